The lowest BCUT2D eigenvalue weighted by Crippen LogP contribution is -2.15. The summed E-state index contributed by atoms with van der Waals surface area (Å²) < 4.78 is 27.5. The Morgan fingerprint density at radius 3 is 2.58 bits per heavy atom. The predicted molar refractivity (Wildman–Crippen MR) is 76.8 cm³/mol. The molecule has 0 aliphatic heterocycles. The van der Waals surface area contributed by atoms with Crippen molar-refractivity contribution in [2.45, 2.75) is 11.8 Å². The molecule has 1 heterocycles. The minimum Gasteiger partial charge on any atom is -0.328 e. The molecular formula is C12H11BrN2O3S. The zero-order valence-corrected chi connectivity index (χ0v) is 12.4. The van der Waals surface area contributed by atoms with E-state index in [-0.39, 0.29) is 10.5 Å². The number of pyridine rings is 1. The number of aromatic nitrogens is 1. The molecule has 1 aromatic heterocycles. The molecule has 0 saturated carbocycles. The molecule has 100 valence electrons. The van der Waals surface area contributed by atoms with Crippen molar-refractivity contribution in [1.29, 1.82) is 0 Å². The van der Waals surface area contributed by atoms with E-state index in [1.165, 1.54) is 12.1 Å². The average Bonchev–Trinajstić information content (AvgIpc) is 2.34. The molecule has 0 aliphatic rings. The van der Waals surface area contributed by atoms with Gasteiger partial charge in [-0.15, -0.1) is 0 Å². The van der Waals surface area contributed by atoms with E-state index >= 15 is 0 Å². The van der Waals surface area contributed by atoms with Gasteiger partial charge in [-0.25, -0.2) is 8.42 Å². The van der Waals surface area contributed by atoms with Crippen molar-refractivity contribution in [3.8, 4) is 0 Å². The Labute approximate surface area is 118 Å². The highest BCUT2D eigenvalue weighted by Gasteiger charge is 2.15. The second-order valence-corrected chi connectivity index (χ2v) is 6.55. The topological polar surface area (TPSA) is 79.0 Å². The minimum absolute atomic E-state index is 0.00600. The molecule has 2 aromatic rings. The SMILES string of the molecule is Cc1ccc(Br)cc1NS(=O)(=O)c1ccc(=O)[nH]c1. The number of halogens is 1. The average molecular weight is 343 g/mol. The summed E-state index contributed by atoms with van der Waals surface area (Å²) in [5, 5.41) is 0. The largest absolute Gasteiger partial charge is 0.328 e. The number of sulfonamides is 1. The van der Waals surface area contributed by atoms with E-state index in [0.717, 1.165) is 16.2 Å². The molecular weight excluding hydrogens is 332 g/mol. The number of anilines is 1. The van der Waals surface area contributed by atoms with Crippen LogP contribution in [0.15, 0.2) is 50.7 Å². The lowest BCUT2D eigenvalue weighted by Gasteiger charge is -2.10. The first-order valence-electron chi connectivity index (χ1n) is 5.36. The van der Waals surface area contributed by atoms with Crippen molar-refractivity contribution < 1.29 is 8.42 Å². The van der Waals surface area contributed by atoms with Gasteiger partial charge in [-0.2, -0.15) is 0 Å². The van der Waals surface area contributed by atoms with Gasteiger partial charge in [0.05, 0.1) is 5.69 Å². The number of rotatable bonds is 3. The molecule has 0 bridgehead atoms. The van der Waals surface area contributed by atoms with Crippen LogP contribution in [0.1, 0.15) is 5.56 Å². The van der Waals surface area contributed by atoms with Crippen molar-refractivity contribution in [2.75, 3.05) is 4.72 Å². The normalized spacial score (nSPS) is 11.3. The van der Waals surface area contributed by atoms with Gasteiger partial charge >= 0.3 is 0 Å². The molecule has 0 amide bonds. The van der Waals surface area contributed by atoms with Crippen LogP contribution in [0.4, 0.5) is 5.69 Å². The summed E-state index contributed by atoms with van der Waals surface area (Å²) in [7, 11) is -3.71. The summed E-state index contributed by atoms with van der Waals surface area (Å²) in [6.45, 7) is 1.80. The highest BCUT2D eigenvalue weighted by molar-refractivity contribution is 9.10. The van der Waals surface area contributed by atoms with Crippen molar-refractivity contribution in [2.24, 2.45) is 0 Å². The molecule has 0 unspecified atom stereocenters. The Bertz CT molecular complexity index is 748. The fourth-order valence-corrected chi connectivity index (χ4v) is 2.92. The maximum absolute atomic E-state index is 12.1. The van der Waals surface area contributed by atoms with Gasteiger partial charge in [0.2, 0.25) is 5.56 Å². The monoisotopic (exact) mass is 342 g/mol. The second-order valence-electron chi connectivity index (χ2n) is 3.95. The number of hydrogen-bond donors (Lipinski definition) is 2. The van der Waals surface area contributed by atoms with Crippen LogP contribution in [0.5, 0.6) is 0 Å². The molecule has 1 aromatic carbocycles. The predicted octanol–water partition coefficient (Wildman–Crippen LogP) is 2.25. The van der Waals surface area contributed by atoms with Crippen molar-refractivity contribution >= 4 is 31.6 Å². The van der Waals surface area contributed by atoms with Gasteiger partial charge in [0.25, 0.3) is 10.0 Å². The summed E-state index contributed by atoms with van der Waals surface area (Å²) in [6, 6.07) is 7.73. The number of aromatic amines is 1. The Balaban J connectivity index is 2.39. The van der Waals surface area contributed by atoms with E-state index in [4.69, 9.17) is 0 Å². The van der Waals surface area contributed by atoms with Crippen molar-refractivity contribution in [1.82, 2.24) is 4.98 Å². The molecule has 0 atom stereocenters. The van der Waals surface area contributed by atoms with E-state index in [2.05, 4.69) is 25.6 Å². The Kier molecular flexibility index (Phi) is 3.77. The highest BCUT2D eigenvalue weighted by atomic mass is 79.9. The molecule has 5 nitrogen and oxygen atoms in total. The minimum atomic E-state index is -3.71. The van der Waals surface area contributed by atoms with Gasteiger partial charge in [-0.1, -0.05) is 22.0 Å². The lowest BCUT2D eigenvalue weighted by molar-refractivity contribution is 0.600. The Morgan fingerprint density at radius 1 is 1.21 bits per heavy atom. The maximum Gasteiger partial charge on any atom is 0.263 e. The number of nitrogens with one attached hydrogen (secondary N) is 2. The summed E-state index contributed by atoms with van der Waals surface area (Å²) >= 11 is 3.29. The van der Waals surface area contributed by atoms with Crippen LogP contribution in [-0.4, -0.2) is 13.4 Å². The molecule has 0 aliphatic carbocycles. The van der Waals surface area contributed by atoms with Crippen molar-refractivity contribution in [3.63, 3.8) is 0 Å². The molecule has 19 heavy (non-hydrogen) atoms. The van der Waals surface area contributed by atoms with E-state index in [1.54, 1.807) is 19.1 Å². The number of benzene rings is 1. The quantitative estimate of drug-likeness (QED) is 0.897. The molecule has 0 spiro atoms. The first kappa shape index (κ1) is 13.8. The summed E-state index contributed by atoms with van der Waals surface area (Å²) in [5.41, 5.74) is 0.939. The van der Waals surface area contributed by atoms with Gasteiger partial charge in [-0.3, -0.25) is 9.52 Å². The number of aryl methyl sites for hydroxylation is 1. The van der Waals surface area contributed by atoms with E-state index < -0.39 is 10.0 Å². The third kappa shape index (κ3) is 3.24. The zero-order chi connectivity index (χ0) is 14.0. The van der Waals surface area contributed by atoms with Gasteiger partial charge < -0.3 is 4.98 Å². The van der Waals surface area contributed by atoms with Crippen LogP contribution in [0.3, 0.4) is 0 Å². The molecule has 0 fully saturated rings. The fraction of sp³-hybridized carbons (Fsp3) is 0.0833. The molecule has 7 heteroatoms. The third-order valence-corrected chi connectivity index (χ3v) is 4.37. The summed E-state index contributed by atoms with van der Waals surface area (Å²) in [5.74, 6) is 0. The van der Waals surface area contributed by atoms with E-state index in [1.807, 2.05) is 6.07 Å². The lowest BCUT2D eigenvalue weighted by atomic mass is 10.2. The summed E-state index contributed by atoms with van der Waals surface area (Å²) in [6.07, 6.45) is 1.16. The Morgan fingerprint density at radius 2 is 1.95 bits per heavy atom. The van der Waals surface area contributed by atoms with Crippen molar-refractivity contribution in [3.05, 3.63) is 56.9 Å². The maximum atomic E-state index is 12.1. The fourth-order valence-electron chi connectivity index (χ4n) is 1.47. The van der Waals surface area contributed by atoms with Crippen LogP contribution in [0.2, 0.25) is 0 Å². The number of H-pyrrole nitrogens is 1. The molecule has 2 rings (SSSR count). The second kappa shape index (κ2) is 5.18. The van der Waals surface area contributed by atoms with Gasteiger partial charge in [0.1, 0.15) is 4.90 Å². The third-order valence-electron chi connectivity index (χ3n) is 2.51. The molecule has 0 saturated heterocycles. The molecule has 2 N–H and O–H groups in total. The highest BCUT2D eigenvalue weighted by Crippen LogP contribution is 2.23. The smallest absolute Gasteiger partial charge is 0.263 e. The standard InChI is InChI=1S/C12H11BrN2O3S/c1-8-2-3-9(13)6-11(8)15-19(17,18)10-4-5-12(16)14-7-10/h2-7,15H,1H3,(H,14,16). The number of hydrogen-bond acceptors (Lipinski definition) is 3. The molecule has 0 radical (unpaired) electrons. The Hall–Kier alpha value is -1.60. The van der Waals surface area contributed by atoms with Crippen LogP contribution in [-0.2, 0) is 10.0 Å². The van der Waals surface area contributed by atoms with Crippen LogP contribution in [0, 0.1) is 6.92 Å². The van der Waals surface area contributed by atoms with Crippen LogP contribution < -0.4 is 10.3 Å². The van der Waals surface area contributed by atoms with E-state index in [0.29, 0.717) is 5.69 Å². The van der Waals surface area contributed by atoms with Crippen LogP contribution >= 0.6 is 15.9 Å². The first-order chi connectivity index (χ1) is 8.88. The van der Waals surface area contributed by atoms with Gasteiger partial charge in [-0.05, 0) is 30.7 Å². The van der Waals surface area contributed by atoms with Gasteiger partial charge in [0.15, 0.2) is 0 Å². The first-order valence-corrected chi connectivity index (χ1v) is 7.64. The van der Waals surface area contributed by atoms with Crippen LogP contribution in [0.25, 0.3) is 0 Å². The summed E-state index contributed by atoms with van der Waals surface area (Å²) in [4.78, 5) is 13.3. The zero-order valence-electron chi connectivity index (χ0n) is 9.98. The van der Waals surface area contributed by atoms with Gasteiger partial charge in [0, 0.05) is 16.7 Å². The van der Waals surface area contributed by atoms with E-state index in [9.17, 15) is 13.2 Å².